The predicted octanol–water partition coefficient (Wildman–Crippen LogP) is 1.15. The number of fused-ring (bicyclic) bond motifs is 4. The molecule has 5 nitrogen and oxygen atoms in total. The summed E-state index contributed by atoms with van der Waals surface area (Å²) in [5.41, 5.74) is -1.98. The average molecular weight is 284 g/mol. The minimum atomic E-state index is -1.25. The Morgan fingerprint density at radius 1 is 1.25 bits per heavy atom. The average Bonchev–Trinajstić information content (AvgIpc) is 2.36. The fraction of sp³-hybridized carbons (Fsp3) is 0.933. The molecule has 1 aliphatic heterocycles. The van der Waals surface area contributed by atoms with Crippen LogP contribution in [0.25, 0.3) is 0 Å². The topological polar surface area (TPSA) is 76.0 Å². The van der Waals surface area contributed by atoms with Gasteiger partial charge in [-0.1, -0.05) is 19.3 Å². The maximum Gasteiger partial charge on any atom is 0.303 e. The third-order valence-electron chi connectivity index (χ3n) is 5.37. The number of hydrogen-bond acceptors (Lipinski definition) is 5. The van der Waals surface area contributed by atoms with E-state index in [4.69, 9.17) is 9.47 Å². The highest BCUT2D eigenvalue weighted by atomic mass is 16.6. The van der Waals surface area contributed by atoms with E-state index < -0.39 is 23.4 Å². The van der Waals surface area contributed by atoms with Crippen LogP contribution in [-0.2, 0) is 14.3 Å². The molecule has 5 atom stereocenters. The molecular weight excluding hydrogens is 260 g/mol. The molecule has 3 rings (SSSR count). The smallest absolute Gasteiger partial charge is 0.303 e. The summed E-state index contributed by atoms with van der Waals surface area (Å²) < 4.78 is 11.4. The monoisotopic (exact) mass is 284 g/mol. The van der Waals surface area contributed by atoms with Gasteiger partial charge in [0.05, 0.1) is 6.10 Å². The highest BCUT2D eigenvalue weighted by molar-refractivity contribution is 5.67. The maximum absolute atomic E-state index is 11.5. The molecule has 0 spiro atoms. The number of esters is 1. The van der Waals surface area contributed by atoms with E-state index in [0.29, 0.717) is 13.0 Å². The van der Waals surface area contributed by atoms with Crippen molar-refractivity contribution in [2.75, 3.05) is 6.61 Å². The van der Waals surface area contributed by atoms with Gasteiger partial charge in [-0.05, 0) is 25.7 Å². The van der Waals surface area contributed by atoms with Crippen LogP contribution < -0.4 is 0 Å². The van der Waals surface area contributed by atoms with Crippen molar-refractivity contribution in [1.29, 1.82) is 0 Å². The van der Waals surface area contributed by atoms with Gasteiger partial charge < -0.3 is 19.7 Å². The number of rotatable bonds is 1. The van der Waals surface area contributed by atoms with Gasteiger partial charge in [0.25, 0.3) is 0 Å². The second-order valence-corrected chi connectivity index (χ2v) is 6.50. The lowest BCUT2D eigenvalue weighted by molar-refractivity contribution is -0.376. The summed E-state index contributed by atoms with van der Waals surface area (Å²) in [6, 6.07) is 0. The Hall–Kier alpha value is -0.650. The molecule has 3 aliphatic rings. The molecule has 2 aliphatic carbocycles. The second kappa shape index (κ2) is 4.97. The lowest BCUT2D eigenvalue weighted by Crippen LogP contribution is -2.84. The van der Waals surface area contributed by atoms with Crippen molar-refractivity contribution in [3.63, 3.8) is 0 Å². The molecule has 2 N–H and O–H groups in total. The molecule has 0 unspecified atom stereocenters. The van der Waals surface area contributed by atoms with Gasteiger partial charge in [0, 0.05) is 19.4 Å². The summed E-state index contributed by atoms with van der Waals surface area (Å²) in [7, 11) is 0. The second-order valence-electron chi connectivity index (χ2n) is 6.50. The van der Waals surface area contributed by atoms with Gasteiger partial charge in [-0.2, -0.15) is 0 Å². The highest BCUT2D eigenvalue weighted by Gasteiger charge is 2.76. The molecule has 3 fully saturated rings. The van der Waals surface area contributed by atoms with Crippen molar-refractivity contribution >= 4 is 5.97 Å². The number of carbonyl (C=O) groups is 1. The fourth-order valence-electron chi connectivity index (χ4n) is 4.59. The van der Waals surface area contributed by atoms with Crippen LogP contribution in [0.5, 0.6) is 0 Å². The van der Waals surface area contributed by atoms with Crippen LogP contribution in [0.15, 0.2) is 0 Å². The van der Waals surface area contributed by atoms with E-state index in [1.807, 2.05) is 0 Å². The van der Waals surface area contributed by atoms with Crippen LogP contribution in [0.3, 0.4) is 0 Å². The van der Waals surface area contributed by atoms with E-state index >= 15 is 0 Å². The maximum atomic E-state index is 11.5. The van der Waals surface area contributed by atoms with Crippen molar-refractivity contribution in [1.82, 2.24) is 0 Å². The van der Waals surface area contributed by atoms with Crippen LogP contribution in [0.4, 0.5) is 0 Å². The van der Waals surface area contributed by atoms with E-state index in [2.05, 4.69) is 0 Å². The first-order chi connectivity index (χ1) is 9.52. The van der Waals surface area contributed by atoms with Gasteiger partial charge in [-0.15, -0.1) is 0 Å². The van der Waals surface area contributed by atoms with Gasteiger partial charge in [0.15, 0.2) is 0 Å². The van der Waals surface area contributed by atoms with E-state index in [1.165, 1.54) is 6.92 Å². The molecule has 1 saturated heterocycles. The molecule has 2 saturated carbocycles. The molecule has 5 heteroatoms. The fourth-order valence-corrected chi connectivity index (χ4v) is 4.59. The normalized spacial score (nSPS) is 48.0. The third-order valence-corrected chi connectivity index (χ3v) is 5.37. The number of aliphatic hydroxyl groups is 2. The largest absolute Gasteiger partial charge is 0.456 e. The summed E-state index contributed by atoms with van der Waals surface area (Å²) in [5, 5.41) is 21.2. The predicted molar refractivity (Wildman–Crippen MR) is 71.0 cm³/mol. The molecule has 0 amide bonds. The van der Waals surface area contributed by atoms with Gasteiger partial charge in [0.2, 0.25) is 0 Å². The van der Waals surface area contributed by atoms with E-state index in [-0.39, 0.29) is 11.9 Å². The summed E-state index contributed by atoms with van der Waals surface area (Å²) in [6.07, 6.45) is 4.79. The summed E-state index contributed by atoms with van der Waals surface area (Å²) >= 11 is 0. The SMILES string of the molecule is CC(=O)O[C@@]12CCCCCC[C@H]1[C@@]1(O)[C@H](O)CCO[C@H]21. The minimum absolute atomic E-state index is 0.209. The van der Waals surface area contributed by atoms with Crippen LogP contribution in [-0.4, -0.2) is 46.2 Å². The molecular formula is C15H24O5. The summed E-state index contributed by atoms with van der Waals surface area (Å²) in [6.45, 7) is 1.81. The Balaban J connectivity index is 1.94. The van der Waals surface area contributed by atoms with E-state index in [0.717, 1.165) is 38.5 Å². The molecule has 114 valence electrons. The van der Waals surface area contributed by atoms with Crippen LogP contribution in [0.1, 0.15) is 51.9 Å². The molecule has 0 radical (unpaired) electrons. The van der Waals surface area contributed by atoms with Crippen molar-refractivity contribution in [3.05, 3.63) is 0 Å². The first-order valence-electron chi connectivity index (χ1n) is 7.73. The van der Waals surface area contributed by atoms with Crippen LogP contribution in [0, 0.1) is 5.92 Å². The number of ether oxygens (including phenoxy) is 2. The first kappa shape index (κ1) is 14.3. The van der Waals surface area contributed by atoms with E-state index in [1.54, 1.807) is 0 Å². The Morgan fingerprint density at radius 3 is 2.75 bits per heavy atom. The number of carbonyl (C=O) groups excluding carboxylic acids is 1. The van der Waals surface area contributed by atoms with Gasteiger partial charge in [-0.3, -0.25) is 4.79 Å². The molecule has 0 bridgehead atoms. The van der Waals surface area contributed by atoms with Gasteiger partial charge in [0.1, 0.15) is 17.3 Å². The van der Waals surface area contributed by atoms with Crippen molar-refractivity contribution in [2.45, 2.75) is 75.3 Å². The third kappa shape index (κ3) is 1.83. The van der Waals surface area contributed by atoms with Gasteiger partial charge in [-0.25, -0.2) is 0 Å². The van der Waals surface area contributed by atoms with Crippen molar-refractivity contribution < 1.29 is 24.5 Å². The number of aliphatic hydroxyl groups excluding tert-OH is 1. The standard InChI is InChI=1S/C15H24O5/c1-10(16)20-14-8-5-3-2-4-6-11(14)15(18)12(17)7-9-19-13(14)15/h11-13,17-18H,2-9H2,1H3/t11-,12-,13-,14+,15-/m1/s1. The Kier molecular flexibility index (Phi) is 3.55. The first-order valence-corrected chi connectivity index (χ1v) is 7.73. The zero-order chi connectivity index (χ0) is 14.4. The van der Waals surface area contributed by atoms with Crippen LogP contribution >= 0.6 is 0 Å². The zero-order valence-electron chi connectivity index (χ0n) is 12.0. The summed E-state index contributed by atoms with van der Waals surface area (Å²) in [4.78, 5) is 11.5. The van der Waals surface area contributed by atoms with E-state index in [9.17, 15) is 15.0 Å². The van der Waals surface area contributed by atoms with Crippen molar-refractivity contribution in [3.8, 4) is 0 Å². The molecule has 1 heterocycles. The lowest BCUT2D eigenvalue weighted by Gasteiger charge is -2.67. The quantitative estimate of drug-likeness (QED) is 0.707. The van der Waals surface area contributed by atoms with Crippen molar-refractivity contribution in [2.24, 2.45) is 5.92 Å². The molecule has 0 aromatic rings. The molecule has 0 aromatic carbocycles. The minimum Gasteiger partial charge on any atom is -0.456 e. The molecule has 0 aromatic heterocycles. The highest BCUT2D eigenvalue weighted by Crippen LogP contribution is 2.60. The van der Waals surface area contributed by atoms with Gasteiger partial charge >= 0.3 is 5.97 Å². The molecule has 20 heavy (non-hydrogen) atoms. The van der Waals surface area contributed by atoms with Crippen LogP contribution in [0.2, 0.25) is 0 Å². The Bertz CT molecular complexity index is 398. The Labute approximate surface area is 119 Å². The Morgan fingerprint density at radius 2 is 2.00 bits per heavy atom. The summed E-state index contributed by atoms with van der Waals surface area (Å²) in [5.74, 6) is -0.541. The lowest BCUT2D eigenvalue weighted by atomic mass is 9.49. The number of hydrogen-bond donors (Lipinski definition) is 2. The zero-order valence-corrected chi connectivity index (χ0v) is 12.0.